The predicted octanol–water partition coefficient (Wildman–Crippen LogP) is 4.26. The topological polar surface area (TPSA) is 64.4 Å². The Labute approximate surface area is 130 Å². The van der Waals surface area contributed by atoms with E-state index in [4.69, 9.17) is 4.74 Å². The molecule has 0 saturated carbocycles. The number of anilines is 2. The van der Waals surface area contributed by atoms with Crippen LogP contribution < -0.4 is 10.1 Å². The number of benzene rings is 2. The minimum atomic E-state index is -0.386. The molecule has 0 aromatic heterocycles. The van der Waals surface area contributed by atoms with Gasteiger partial charge in [-0.2, -0.15) is 0 Å². The van der Waals surface area contributed by atoms with Gasteiger partial charge in [-0.3, -0.25) is 10.1 Å². The van der Waals surface area contributed by atoms with E-state index in [9.17, 15) is 10.1 Å². The molecule has 0 bridgehead atoms. The standard InChI is InChI=1S/C14H13IN2O3/c1-9-7-10(4-6-14(9)20-2)16-11-3-5-13(17(18)19)12(15)8-11/h3-8,16H,1-2H3. The van der Waals surface area contributed by atoms with Gasteiger partial charge in [0.2, 0.25) is 0 Å². The van der Waals surface area contributed by atoms with E-state index in [1.807, 2.05) is 47.7 Å². The summed E-state index contributed by atoms with van der Waals surface area (Å²) in [6, 6.07) is 10.7. The first kappa shape index (κ1) is 14.6. The van der Waals surface area contributed by atoms with Crippen molar-refractivity contribution in [2.75, 3.05) is 12.4 Å². The molecule has 0 saturated heterocycles. The highest BCUT2D eigenvalue weighted by Crippen LogP contribution is 2.28. The number of nitrogens with one attached hydrogen (secondary N) is 1. The Hall–Kier alpha value is -1.83. The SMILES string of the molecule is COc1ccc(Nc2ccc([N+](=O)[O-])c(I)c2)cc1C. The van der Waals surface area contributed by atoms with Gasteiger partial charge in [0.15, 0.2) is 0 Å². The third kappa shape index (κ3) is 3.19. The molecule has 0 aliphatic carbocycles. The lowest BCUT2D eigenvalue weighted by molar-refractivity contribution is -0.385. The van der Waals surface area contributed by atoms with Gasteiger partial charge in [0.05, 0.1) is 15.6 Å². The summed E-state index contributed by atoms with van der Waals surface area (Å²) >= 11 is 1.96. The fourth-order valence-corrected chi connectivity index (χ4v) is 2.57. The lowest BCUT2D eigenvalue weighted by Crippen LogP contribution is -1.95. The van der Waals surface area contributed by atoms with Crippen molar-refractivity contribution in [2.45, 2.75) is 6.92 Å². The number of nitro benzene ring substituents is 1. The van der Waals surface area contributed by atoms with E-state index in [-0.39, 0.29) is 10.6 Å². The van der Waals surface area contributed by atoms with Gasteiger partial charge in [-0.15, -0.1) is 0 Å². The second kappa shape index (κ2) is 6.08. The van der Waals surface area contributed by atoms with E-state index in [1.165, 1.54) is 6.07 Å². The van der Waals surface area contributed by atoms with Crippen LogP contribution in [0.5, 0.6) is 5.75 Å². The van der Waals surface area contributed by atoms with Crippen molar-refractivity contribution in [1.29, 1.82) is 0 Å². The summed E-state index contributed by atoms with van der Waals surface area (Å²) in [5.74, 6) is 0.828. The van der Waals surface area contributed by atoms with Crippen LogP contribution in [0.2, 0.25) is 0 Å². The Balaban J connectivity index is 2.24. The zero-order valence-electron chi connectivity index (χ0n) is 11.0. The summed E-state index contributed by atoms with van der Waals surface area (Å²) in [6.07, 6.45) is 0. The number of aryl methyl sites for hydroxylation is 1. The summed E-state index contributed by atoms with van der Waals surface area (Å²) in [5, 5.41) is 14.0. The van der Waals surface area contributed by atoms with Crippen LogP contribution in [-0.2, 0) is 0 Å². The minimum absolute atomic E-state index is 0.113. The van der Waals surface area contributed by atoms with E-state index in [0.29, 0.717) is 3.57 Å². The lowest BCUT2D eigenvalue weighted by atomic mass is 10.2. The van der Waals surface area contributed by atoms with Gasteiger partial charge in [-0.05, 0) is 65.4 Å². The number of nitro groups is 1. The van der Waals surface area contributed by atoms with Crippen LogP contribution in [0.4, 0.5) is 17.1 Å². The first-order valence-electron chi connectivity index (χ1n) is 5.87. The first-order valence-corrected chi connectivity index (χ1v) is 6.94. The van der Waals surface area contributed by atoms with E-state index >= 15 is 0 Å². The average molecular weight is 384 g/mol. The van der Waals surface area contributed by atoms with Crippen LogP contribution in [0.15, 0.2) is 36.4 Å². The van der Waals surface area contributed by atoms with Gasteiger partial charge in [-0.25, -0.2) is 0 Å². The van der Waals surface area contributed by atoms with Crippen molar-refractivity contribution in [3.8, 4) is 5.75 Å². The van der Waals surface area contributed by atoms with E-state index < -0.39 is 0 Å². The normalized spacial score (nSPS) is 10.2. The van der Waals surface area contributed by atoms with E-state index in [1.54, 1.807) is 19.2 Å². The summed E-state index contributed by atoms with van der Waals surface area (Å²) in [6.45, 7) is 1.96. The van der Waals surface area contributed by atoms with Gasteiger partial charge < -0.3 is 10.1 Å². The summed E-state index contributed by atoms with van der Waals surface area (Å²) in [5.41, 5.74) is 2.86. The Kier molecular flexibility index (Phi) is 4.43. The molecule has 0 unspecified atom stereocenters. The van der Waals surface area contributed by atoms with Gasteiger partial charge in [0.25, 0.3) is 5.69 Å². The zero-order valence-corrected chi connectivity index (χ0v) is 13.2. The molecule has 104 valence electrons. The fourth-order valence-electron chi connectivity index (χ4n) is 1.86. The molecule has 0 aliphatic rings. The molecule has 0 aliphatic heterocycles. The molecule has 2 aromatic carbocycles. The maximum Gasteiger partial charge on any atom is 0.282 e. The van der Waals surface area contributed by atoms with E-state index in [0.717, 1.165) is 22.7 Å². The van der Waals surface area contributed by atoms with E-state index in [2.05, 4.69) is 5.32 Å². The molecule has 1 N–H and O–H groups in total. The molecule has 2 rings (SSSR count). The van der Waals surface area contributed by atoms with Crippen molar-refractivity contribution in [2.24, 2.45) is 0 Å². The molecule has 2 aromatic rings. The number of methoxy groups -OCH3 is 1. The quantitative estimate of drug-likeness (QED) is 0.486. The highest BCUT2D eigenvalue weighted by molar-refractivity contribution is 14.1. The Morgan fingerprint density at radius 2 is 1.85 bits per heavy atom. The van der Waals surface area contributed by atoms with Crippen molar-refractivity contribution in [3.63, 3.8) is 0 Å². The number of hydrogen-bond donors (Lipinski definition) is 1. The first-order chi connectivity index (χ1) is 9.51. The number of rotatable bonds is 4. The summed E-state index contributed by atoms with van der Waals surface area (Å²) in [7, 11) is 1.63. The van der Waals surface area contributed by atoms with Crippen LogP contribution >= 0.6 is 22.6 Å². The maximum atomic E-state index is 10.8. The second-order valence-corrected chi connectivity index (χ2v) is 5.39. The van der Waals surface area contributed by atoms with Crippen LogP contribution in [0.25, 0.3) is 0 Å². The third-order valence-electron chi connectivity index (χ3n) is 2.83. The zero-order chi connectivity index (χ0) is 14.7. The van der Waals surface area contributed by atoms with Crippen molar-refractivity contribution >= 4 is 39.7 Å². The Morgan fingerprint density at radius 3 is 2.40 bits per heavy atom. The minimum Gasteiger partial charge on any atom is -0.496 e. The lowest BCUT2D eigenvalue weighted by Gasteiger charge is -2.10. The molecular weight excluding hydrogens is 371 g/mol. The highest BCUT2D eigenvalue weighted by atomic mass is 127. The third-order valence-corrected chi connectivity index (χ3v) is 3.69. The van der Waals surface area contributed by atoms with Gasteiger partial charge >= 0.3 is 0 Å². The monoisotopic (exact) mass is 384 g/mol. The number of halogens is 1. The van der Waals surface area contributed by atoms with Crippen LogP contribution in [0.1, 0.15) is 5.56 Å². The molecule has 0 fully saturated rings. The van der Waals surface area contributed by atoms with Gasteiger partial charge in [0, 0.05) is 17.4 Å². The average Bonchev–Trinajstić information content (AvgIpc) is 2.38. The fraction of sp³-hybridized carbons (Fsp3) is 0.143. The Bertz CT molecular complexity index is 659. The Morgan fingerprint density at radius 1 is 1.20 bits per heavy atom. The maximum absolute atomic E-state index is 10.8. The predicted molar refractivity (Wildman–Crippen MR) is 86.8 cm³/mol. The van der Waals surface area contributed by atoms with Gasteiger partial charge in [0.1, 0.15) is 5.75 Å². The number of nitrogens with zero attached hydrogens (tertiary/aromatic N) is 1. The number of ether oxygens (including phenoxy) is 1. The van der Waals surface area contributed by atoms with Crippen molar-refractivity contribution in [3.05, 3.63) is 55.6 Å². The molecular formula is C14H13IN2O3. The largest absolute Gasteiger partial charge is 0.496 e. The van der Waals surface area contributed by atoms with Crippen molar-refractivity contribution < 1.29 is 9.66 Å². The summed E-state index contributed by atoms with van der Waals surface area (Å²) in [4.78, 5) is 10.4. The molecule has 0 atom stereocenters. The smallest absolute Gasteiger partial charge is 0.282 e. The summed E-state index contributed by atoms with van der Waals surface area (Å²) < 4.78 is 5.81. The molecule has 0 spiro atoms. The van der Waals surface area contributed by atoms with Crippen LogP contribution in [0.3, 0.4) is 0 Å². The second-order valence-electron chi connectivity index (χ2n) is 4.23. The highest BCUT2D eigenvalue weighted by Gasteiger charge is 2.11. The molecule has 0 radical (unpaired) electrons. The van der Waals surface area contributed by atoms with Crippen LogP contribution in [0, 0.1) is 20.6 Å². The molecule has 0 amide bonds. The molecule has 20 heavy (non-hydrogen) atoms. The van der Waals surface area contributed by atoms with Crippen LogP contribution in [-0.4, -0.2) is 12.0 Å². The van der Waals surface area contributed by atoms with Gasteiger partial charge in [-0.1, -0.05) is 0 Å². The number of hydrogen-bond acceptors (Lipinski definition) is 4. The molecule has 6 heteroatoms. The molecule has 0 heterocycles. The molecule has 5 nitrogen and oxygen atoms in total. The van der Waals surface area contributed by atoms with Crippen molar-refractivity contribution in [1.82, 2.24) is 0 Å².